The number of fused-ring (bicyclic) bond motifs is 1. The van der Waals surface area contributed by atoms with Gasteiger partial charge in [-0.05, 0) is 44.0 Å². The minimum absolute atomic E-state index is 0.180. The van der Waals surface area contributed by atoms with Crippen LogP contribution in [-0.4, -0.2) is 32.7 Å². The van der Waals surface area contributed by atoms with Crippen molar-refractivity contribution in [2.45, 2.75) is 31.7 Å². The first kappa shape index (κ1) is 17.7. The highest BCUT2D eigenvalue weighted by molar-refractivity contribution is 6.00. The van der Waals surface area contributed by atoms with E-state index in [1.165, 1.54) is 6.20 Å². The Morgan fingerprint density at radius 2 is 2.08 bits per heavy atom. The van der Waals surface area contributed by atoms with Crippen molar-refractivity contribution in [3.05, 3.63) is 55.1 Å². The van der Waals surface area contributed by atoms with Gasteiger partial charge in [0.25, 0.3) is 0 Å². The maximum Gasteiger partial charge on any atom is 0.306 e. The van der Waals surface area contributed by atoms with Crippen LogP contribution in [0.15, 0.2) is 60.1 Å². The van der Waals surface area contributed by atoms with Crippen LogP contribution in [0.4, 0.5) is 0 Å². The summed E-state index contributed by atoms with van der Waals surface area (Å²) in [5, 5.41) is 17.8. The Labute approximate surface area is 151 Å². The van der Waals surface area contributed by atoms with E-state index in [-0.39, 0.29) is 12.0 Å². The van der Waals surface area contributed by atoms with Gasteiger partial charge >= 0.3 is 5.97 Å². The molecule has 1 saturated carbocycles. The molecule has 0 saturated heterocycles. The number of nitrogens with zero attached hydrogens (tertiary/aromatic N) is 3. The van der Waals surface area contributed by atoms with Crippen molar-refractivity contribution in [2.24, 2.45) is 16.6 Å². The molecule has 26 heavy (non-hydrogen) atoms. The summed E-state index contributed by atoms with van der Waals surface area (Å²) in [6.07, 6.45) is 7.79. The van der Waals surface area contributed by atoms with Crippen LogP contribution in [0.3, 0.4) is 0 Å². The summed E-state index contributed by atoms with van der Waals surface area (Å²) in [6, 6.07) is 8.03. The first-order valence-corrected chi connectivity index (χ1v) is 8.67. The molecule has 3 rings (SSSR count). The van der Waals surface area contributed by atoms with Crippen molar-refractivity contribution in [3.63, 3.8) is 0 Å². The molecule has 4 N–H and O–H groups in total. The fourth-order valence-electron chi connectivity index (χ4n) is 3.29. The molecular weight excluding hydrogens is 330 g/mol. The monoisotopic (exact) mass is 353 g/mol. The second-order valence-corrected chi connectivity index (χ2v) is 6.42. The van der Waals surface area contributed by atoms with E-state index in [1.54, 1.807) is 17.0 Å². The van der Waals surface area contributed by atoms with Gasteiger partial charge in [-0.25, -0.2) is 9.67 Å². The molecule has 0 aliphatic heterocycles. The predicted molar refractivity (Wildman–Crippen MR) is 102 cm³/mol. The maximum absolute atomic E-state index is 11.1. The number of benzene rings is 1. The zero-order valence-electron chi connectivity index (χ0n) is 14.5. The van der Waals surface area contributed by atoms with Crippen molar-refractivity contribution in [1.82, 2.24) is 15.1 Å². The molecule has 0 unspecified atom stereocenters. The Morgan fingerprint density at radius 1 is 1.35 bits per heavy atom. The van der Waals surface area contributed by atoms with E-state index in [9.17, 15) is 4.79 Å². The lowest BCUT2D eigenvalue weighted by Gasteiger charge is -2.27. The van der Waals surface area contributed by atoms with Crippen LogP contribution >= 0.6 is 0 Å². The third-order valence-electron chi connectivity index (χ3n) is 4.64. The smallest absolute Gasteiger partial charge is 0.306 e. The Hall–Kier alpha value is -3.09. The number of aliphatic imine (C=N–C) groups is 1. The normalized spacial score (nSPS) is 21.2. The molecule has 2 aromatic rings. The molecule has 7 heteroatoms. The number of aliphatic carboxylic acids is 1. The van der Waals surface area contributed by atoms with Crippen LogP contribution in [0.1, 0.15) is 25.7 Å². The maximum atomic E-state index is 11.1. The summed E-state index contributed by atoms with van der Waals surface area (Å²) in [6.45, 7) is 3.98. The Morgan fingerprint density at radius 3 is 2.77 bits per heavy atom. The number of carbonyl (C=O) groups is 1. The van der Waals surface area contributed by atoms with Crippen molar-refractivity contribution in [2.75, 3.05) is 0 Å². The summed E-state index contributed by atoms with van der Waals surface area (Å²) in [4.78, 5) is 15.6. The van der Waals surface area contributed by atoms with Gasteiger partial charge < -0.3 is 16.2 Å². The van der Waals surface area contributed by atoms with Crippen LogP contribution in [0, 0.1) is 5.92 Å². The first-order chi connectivity index (χ1) is 12.6. The number of hydrogen-bond acceptors (Lipinski definition) is 5. The van der Waals surface area contributed by atoms with E-state index < -0.39 is 5.97 Å². The van der Waals surface area contributed by atoms with Crippen molar-refractivity contribution in [1.29, 1.82) is 0 Å². The number of allylic oxidation sites excluding steroid dienone is 1. The molecule has 1 aliphatic rings. The van der Waals surface area contributed by atoms with Crippen LogP contribution in [-0.2, 0) is 4.79 Å². The fourth-order valence-corrected chi connectivity index (χ4v) is 3.29. The van der Waals surface area contributed by atoms with Gasteiger partial charge in [-0.15, -0.1) is 0 Å². The molecule has 7 nitrogen and oxygen atoms in total. The molecule has 0 amide bonds. The van der Waals surface area contributed by atoms with Crippen molar-refractivity contribution >= 4 is 22.7 Å². The van der Waals surface area contributed by atoms with E-state index >= 15 is 0 Å². The summed E-state index contributed by atoms with van der Waals surface area (Å²) >= 11 is 0. The molecule has 1 aromatic heterocycles. The molecule has 0 bridgehead atoms. The van der Waals surface area contributed by atoms with Gasteiger partial charge in [-0.1, -0.05) is 24.8 Å². The number of para-hydroxylation sites is 1. The van der Waals surface area contributed by atoms with Gasteiger partial charge in [0.05, 0.1) is 17.6 Å². The lowest BCUT2D eigenvalue weighted by atomic mass is 9.86. The standard InChI is InChI=1S/C19H23N5O2/c1-13(22-16-8-6-14(7-9-16)19(25)26)23-18(10-11-20)24-17-5-3-2-4-15(17)12-21-24/h2-5,10-12,14,16,22H,1,6-9,20H2,(H,25,26)/b11-10-,23-18?. The molecule has 0 radical (unpaired) electrons. The molecule has 1 heterocycles. The average Bonchev–Trinajstić information content (AvgIpc) is 3.06. The highest BCUT2D eigenvalue weighted by atomic mass is 16.4. The second kappa shape index (κ2) is 7.86. The number of hydrogen-bond donors (Lipinski definition) is 3. The van der Waals surface area contributed by atoms with Crippen molar-refractivity contribution in [3.8, 4) is 0 Å². The van der Waals surface area contributed by atoms with Gasteiger partial charge in [-0.3, -0.25) is 4.79 Å². The van der Waals surface area contributed by atoms with Crippen molar-refractivity contribution < 1.29 is 9.90 Å². The van der Waals surface area contributed by atoms with Gasteiger partial charge in [-0.2, -0.15) is 5.10 Å². The van der Waals surface area contributed by atoms with Gasteiger partial charge in [0.2, 0.25) is 0 Å². The summed E-state index contributed by atoms with van der Waals surface area (Å²) < 4.78 is 1.72. The SMILES string of the molecule is C=C(N=C(/C=C\N)n1ncc2ccccc21)NC1CCC(C(=O)O)CC1. The molecule has 1 aliphatic carbocycles. The topological polar surface area (TPSA) is 106 Å². The van der Waals surface area contributed by atoms with Crippen LogP contribution in [0.25, 0.3) is 10.9 Å². The van der Waals surface area contributed by atoms with Crippen LogP contribution < -0.4 is 11.1 Å². The largest absolute Gasteiger partial charge is 0.481 e. The third-order valence-corrected chi connectivity index (χ3v) is 4.64. The Kier molecular flexibility index (Phi) is 5.36. The summed E-state index contributed by atoms with van der Waals surface area (Å²) in [5.74, 6) is 0.124. The average molecular weight is 353 g/mol. The molecule has 0 atom stereocenters. The van der Waals surface area contributed by atoms with Crippen LogP contribution in [0.5, 0.6) is 0 Å². The Bertz CT molecular complexity index is 860. The van der Waals surface area contributed by atoms with E-state index in [1.807, 2.05) is 24.3 Å². The number of carboxylic acids is 1. The van der Waals surface area contributed by atoms with Crippen LogP contribution in [0.2, 0.25) is 0 Å². The number of rotatable bonds is 5. The van der Waals surface area contributed by atoms with Gasteiger partial charge in [0, 0.05) is 11.4 Å². The van der Waals surface area contributed by atoms with Gasteiger partial charge in [0.1, 0.15) is 5.82 Å². The highest BCUT2D eigenvalue weighted by Crippen LogP contribution is 2.25. The van der Waals surface area contributed by atoms with Gasteiger partial charge in [0.15, 0.2) is 5.84 Å². The third kappa shape index (κ3) is 3.93. The lowest BCUT2D eigenvalue weighted by Crippen LogP contribution is -2.34. The first-order valence-electron chi connectivity index (χ1n) is 8.67. The van der Waals surface area contributed by atoms with E-state index in [0.717, 1.165) is 23.7 Å². The number of aromatic nitrogens is 2. The summed E-state index contributed by atoms with van der Waals surface area (Å²) in [5.41, 5.74) is 6.50. The van der Waals surface area contributed by atoms with E-state index in [0.29, 0.717) is 24.5 Å². The second-order valence-electron chi connectivity index (χ2n) is 6.42. The molecular formula is C19H23N5O2. The predicted octanol–water partition coefficient (Wildman–Crippen LogP) is 2.46. The molecule has 1 fully saturated rings. The summed E-state index contributed by atoms with van der Waals surface area (Å²) in [7, 11) is 0. The zero-order valence-corrected chi connectivity index (χ0v) is 14.5. The van der Waals surface area contributed by atoms with E-state index in [2.05, 4.69) is 22.0 Å². The highest BCUT2D eigenvalue weighted by Gasteiger charge is 2.25. The number of carboxylic acid groups (broad SMARTS) is 1. The quantitative estimate of drug-likeness (QED) is 0.566. The molecule has 136 valence electrons. The molecule has 0 spiro atoms. The number of nitrogens with one attached hydrogen (secondary N) is 1. The minimum Gasteiger partial charge on any atom is -0.481 e. The minimum atomic E-state index is -0.707. The fraction of sp³-hybridized carbons (Fsp3) is 0.316. The van der Waals surface area contributed by atoms with E-state index in [4.69, 9.17) is 10.8 Å². The zero-order chi connectivity index (χ0) is 18.5. The lowest BCUT2D eigenvalue weighted by molar-refractivity contribution is -0.142. The Balaban J connectivity index is 1.73. The number of nitrogens with two attached hydrogens (primary N) is 1. The molecule has 1 aromatic carbocycles.